The van der Waals surface area contributed by atoms with Crippen LogP contribution in [0.3, 0.4) is 0 Å². The Labute approximate surface area is 120 Å². The molecule has 112 valence electrons. The summed E-state index contributed by atoms with van der Waals surface area (Å²) < 4.78 is 13.7. The van der Waals surface area contributed by atoms with E-state index in [0.29, 0.717) is 6.42 Å². The lowest BCUT2D eigenvalue weighted by atomic mass is 10.1. The summed E-state index contributed by atoms with van der Waals surface area (Å²) in [5.74, 6) is -0.877. The predicted molar refractivity (Wildman–Crippen MR) is 78.6 cm³/mol. The zero-order chi connectivity index (χ0) is 14.9. The van der Waals surface area contributed by atoms with Crippen molar-refractivity contribution < 1.29 is 9.18 Å². The Morgan fingerprint density at radius 3 is 2.80 bits per heavy atom. The highest BCUT2D eigenvalue weighted by Gasteiger charge is 2.32. The van der Waals surface area contributed by atoms with Gasteiger partial charge in [-0.15, -0.1) is 0 Å². The fourth-order valence-corrected chi connectivity index (χ4v) is 2.61. The van der Waals surface area contributed by atoms with Crippen LogP contribution in [0.4, 0.5) is 4.39 Å². The summed E-state index contributed by atoms with van der Waals surface area (Å²) in [6.07, 6.45) is 2.91. The number of nitrogens with one attached hydrogen (secondary N) is 1. The van der Waals surface area contributed by atoms with Crippen molar-refractivity contribution in [3.05, 3.63) is 11.9 Å². The van der Waals surface area contributed by atoms with E-state index in [4.69, 9.17) is 0 Å². The van der Waals surface area contributed by atoms with Crippen LogP contribution in [0.2, 0.25) is 0 Å². The minimum atomic E-state index is -0.494. The van der Waals surface area contributed by atoms with Gasteiger partial charge in [0.2, 0.25) is 0 Å². The van der Waals surface area contributed by atoms with E-state index >= 15 is 0 Å². The van der Waals surface area contributed by atoms with Gasteiger partial charge in [0.05, 0.1) is 6.04 Å². The van der Waals surface area contributed by atoms with Crippen molar-refractivity contribution in [2.45, 2.75) is 58.2 Å². The molecule has 0 aromatic carbocycles. The molecule has 1 N–H and O–H groups in total. The van der Waals surface area contributed by atoms with Crippen LogP contribution < -0.4 is 5.32 Å². The van der Waals surface area contributed by atoms with Crippen LogP contribution in [-0.4, -0.2) is 47.2 Å². The highest BCUT2D eigenvalue weighted by molar-refractivity contribution is 6.44. The maximum absolute atomic E-state index is 13.7. The topological polar surface area (TPSA) is 44.7 Å². The van der Waals surface area contributed by atoms with E-state index in [9.17, 15) is 9.18 Å². The number of halogens is 1. The molecule has 0 bridgehead atoms. The van der Waals surface area contributed by atoms with Crippen molar-refractivity contribution in [3.8, 4) is 0 Å². The van der Waals surface area contributed by atoms with Crippen molar-refractivity contribution in [1.29, 1.82) is 0 Å². The van der Waals surface area contributed by atoms with E-state index < -0.39 is 5.83 Å². The molecule has 2 rings (SSSR count). The number of likely N-dealkylation sites (tertiary alicyclic amines) is 1. The molecule has 0 radical (unpaired) electrons. The third-order valence-corrected chi connectivity index (χ3v) is 3.90. The van der Waals surface area contributed by atoms with Crippen molar-refractivity contribution in [2.75, 3.05) is 13.1 Å². The lowest BCUT2D eigenvalue weighted by molar-refractivity contribution is -0.115. The van der Waals surface area contributed by atoms with Gasteiger partial charge in [-0.2, -0.15) is 0 Å². The van der Waals surface area contributed by atoms with Crippen molar-refractivity contribution in [2.24, 2.45) is 4.99 Å². The molecule has 1 amide bonds. The Bertz CT molecular complexity index is 451. The predicted octanol–water partition coefficient (Wildman–Crippen LogP) is 2.06. The summed E-state index contributed by atoms with van der Waals surface area (Å²) in [4.78, 5) is 18.6. The first-order chi connectivity index (χ1) is 9.27. The van der Waals surface area contributed by atoms with Gasteiger partial charge in [0.25, 0.3) is 5.91 Å². The summed E-state index contributed by atoms with van der Waals surface area (Å²) in [7, 11) is 0. The molecule has 0 aromatic rings. The second-order valence-electron chi connectivity index (χ2n) is 6.69. The summed E-state index contributed by atoms with van der Waals surface area (Å²) in [5, 5.41) is 2.91. The molecule has 2 unspecified atom stereocenters. The minimum absolute atomic E-state index is 0.0232. The molecule has 1 fully saturated rings. The van der Waals surface area contributed by atoms with Crippen molar-refractivity contribution >= 4 is 11.6 Å². The average molecular weight is 281 g/mol. The zero-order valence-corrected chi connectivity index (χ0v) is 12.7. The first-order valence-electron chi connectivity index (χ1n) is 7.27. The molecule has 1 saturated heterocycles. The van der Waals surface area contributed by atoms with Gasteiger partial charge in [0, 0.05) is 24.7 Å². The number of hydrogen-bond donors (Lipinski definition) is 1. The Morgan fingerprint density at radius 2 is 2.20 bits per heavy atom. The van der Waals surface area contributed by atoms with Crippen LogP contribution in [0.5, 0.6) is 0 Å². The van der Waals surface area contributed by atoms with E-state index in [1.807, 2.05) is 6.92 Å². The molecule has 5 heteroatoms. The first-order valence-corrected chi connectivity index (χ1v) is 7.27. The first kappa shape index (κ1) is 15.2. The van der Waals surface area contributed by atoms with Gasteiger partial charge in [0.1, 0.15) is 5.83 Å². The van der Waals surface area contributed by atoms with Gasteiger partial charge in [0.15, 0.2) is 5.71 Å². The number of aliphatic imine (C=N–C) groups is 1. The molecule has 2 aliphatic rings. The largest absolute Gasteiger partial charge is 0.347 e. The number of rotatable bonds is 2. The van der Waals surface area contributed by atoms with Crippen molar-refractivity contribution in [3.63, 3.8) is 0 Å². The molecule has 0 aromatic heterocycles. The second kappa shape index (κ2) is 5.64. The summed E-state index contributed by atoms with van der Waals surface area (Å²) in [5.41, 5.74) is 0.0552. The normalized spacial score (nSPS) is 28.1. The van der Waals surface area contributed by atoms with E-state index in [-0.39, 0.29) is 29.2 Å². The fourth-order valence-electron chi connectivity index (χ4n) is 2.61. The smallest absolute Gasteiger partial charge is 0.272 e. The van der Waals surface area contributed by atoms with Crippen LogP contribution in [0.15, 0.2) is 16.9 Å². The van der Waals surface area contributed by atoms with Crippen LogP contribution in [0.25, 0.3) is 0 Å². The number of amides is 1. The second-order valence-corrected chi connectivity index (χ2v) is 6.69. The van der Waals surface area contributed by atoms with Gasteiger partial charge >= 0.3 is 0 Å². The zero-order valence-electron chi connectivity index (χ0n) is 12.7. The van der Waals surface area contributed by atoms with Crippen LogP contribution in [0.1, 0.15) is 40.5 Å². The van der Waals surface area contributed by atoms with Crippen LogP contribution in [-0.2, 0) is 4.79 Å². The molecular formula is C15H24FN3O. The highest BCUT2D eigenvalue weighted by atomic mass is 19.1. The molecule has 0 spiro atoms. The van der Waals surface area contributed by atoms with Crippen LogP contribution in [0, 0.1) is 0 Å². The molecule has 20 heavy (non-hydrogen) atoms. The van der Waals surface area contributed by atoms with Gasteiger partial charge in [-0.1, -0.05) is 0 Å². The van der Waals surface area contributed by atoms with E-state index in [1.54, 1.807) is 0 Å². The van der Waals surface area contributed by atoms with E-state index in [2.05, 4.69) is 36.0 Å². The quantitative estimate of drug-likeness (QED) is 0.842. The molecule has 2 heterocycles. The highest BCUT2D eigenvalue weighted by Crippen LogP contribution is 2.21. The minimum Gasteiger partial charge on any atom is -0.347 e. The Balaban J connectivity index is 1.95. The van der Waals surface area contributed by atoms with Gasteiger partial charge in [-0.25, -0.2) is 4.39 Å². The maximum atomic E-state index is 13.7. The SMILES string of the molecule is CC1CC=C(F)C(C(=O)NC2CCN(C(C)(C)C)C2)=N1. The average Bonchev–Trinajstić information content (AvgIpc) is 2.80. The molecular weight excluding hydrogens is 257 g/mol. The lowest BCUT2D eigenvalue weighted by Gasteiger charge is -2.31. The molecule has 4 nitrogen and oxygen atoms in total. The van der Waals surface area contributed by atoms with Crippen LogP contribution >= 0.6 is 0 Å². The monoisotopic (exact) mass is 281 g/mol. The number of dihydropyridines is 1. The Morgan fingerprint density at radius 1 is 1.50 bits per heavy atom. The van der Waals surface area contributed by atoms with Gasteiger partial charge in [-0.3, -0.25) is 14.7 Å². The molecule has 0 aliphatic carbocycles. The third kappa shape index (κ3) is 3.45. The third-order valence-electron chi connectivity index (χ3n) is 3.90. The number of nitrogens with zero attached hydrogens (tertiary/aromatic N) is 2. The maximum Gasteiger partial charge on any atom is 0.272 e. The Kier molecular flexibility index (Phi) is 4.28. The van der Waals surface area contributed by atoms with Gasteiger partial charge in [-0.05, 0) is 46.6 Å². The van der Waals surface area contributed by atoms with E-state index in [1.165, 1.54) is 6.08 Å². The summed E-state index contributed by atoms with van der Waals surface area (Å²) in [6, 6.07) is 0.0550. The lowest BCUT2D eigenvalue weighted by Crippen LogP contribution is -2.45. The summed E-state index contributed by atoms with van der Waals surface area (Å²) >= 11 is 0. The fraction of sp³-hybridized carbons (Fsp3) is 0.733. The number of carbonyl (C=O) groups is 1. The number of carbonyl (C=O) groups excluding carboxylic acids is 1. The van der Waals surface area contributed by atoms with E-state index in [0.717, 1.165) is 19.5 Å². The van der Waals surface area contributed by atoms with Crippen molar-refractivity contribution in [1.82, 2.24) is 10.2 Å². The van der Waals surface area contributed by atoms with Gasteiger partial charge < -0.3 is 5.32 Å². The Hall–Kier alpha value is -1.23. The molecule has 0 saturated carbocycles. The molecule has 2 aliphatic heterocycles. The molecule has 2 atom stereocenters. The standard InChI is InChI=1S/C15H24FN3O/c1-10-5-6-12(16)13(17-10)14(20)18-11-7-8-19(9-11)15(2,3)4/h6,10-11H,5,7-9H2,1-4H3,(H,18,20). The number of hydrogen-bond acceptors (Lipinski definition) is 3. The summed E-state index contributed by atoms with van der Waals surface area (Å²) in [6.45, 7) is 10.1.